The van der Waals surface area contributed by atoms with Gasteiger partial charge >= 0.3 is 0 Å². The Kier molecular flexibility index (Phi) is 5.00. The quantitative estimate of drug-likeness (QED) is 0.328. The molecule has 34 heavy (non-hydrogen) atoms. The first-order valence-corrected chi connectivity index (χ1v) is 11.5. The van der Waals surface area contributed by atoms with Crippen molar-refractivity contribution in [3.8, 4) is 22.4 Å². The van der Waals surface area contributed by atoms with E-state index >= 15 is 0 Å². The van der Waals surface area contributed by atoms with E-state index < -0.39 is 0 Å². The maximum absolute atomic E-state index is 6.33. The fourth-order valence-corrected chi connectivity index (χ4v) is 4.56. The number of hydrogen-bond donors (Lipinski definition) is 1. The molecule has 3 heterocycles. The minimum atomic E-state index is 0.430. The van der Waals surface area contributed by atoms with Gasteiger partial charge in [0.15, 0.2) is 5.82 Å². The third-order valence-electron chi connectivity index (χ3n) is 6.01. The van der Waals surface area contributed by atoms with Crippen molar-refractivity contribution in [1.82, 2.24) is 24.4 Å². The van der Waals surface area contributed by atoms with E-state index in [0.717, 1.165) is 50.9 Å². The second kappa shape index (κ2) is 8.32. The van der Waals surface area contributed by atoms with Gasteiger partial charge in [-0.3, -0.25) is 4.68 Å². The van der Waals surface area contributed by atoms with E-state index in [1.807, 2.05) is 45.6 Å². The lowest BCUT2D eigenvalue weighted by atomic mass is 10.0. The Bertz CT molecular complexity index is 1630. The Balaban J connectivity index is 1.47. The van der Waals surface area contributed by atoms with Gasteiger partial charge in [0.2, 0.25) is 0 Å². The molecule has 0 fully saturated rings. The Morgan fingerprint density at radius 1 is 0.853 bits per heavy atom. The molecule has 6 aromatic rings. The SMILES string of the molecule is Nc1ncnn2c(-c3cccc(CCl)c3)cc(-c3ccc4cn(Cc5ccccc5)nc4c3)c12. The number of hydrogen-bond acceptors (Lipinski definition) is 4. The van der Waals surface area contributed by atoms with Crippen LogP contribution in [0.3, 0.4) is 0 Å². The Morgan fingerprint density at radius 3 is 2.56 bits per heavy atom. The predicted octanol–water partition coefficient (Wildman–Crippen LogP) is 5.78. The van der Waals surface area contributed by atoms with Gasteiger partial charge in [-0.1, -0.05) is 60.7 Å². The molecule has 2 N–H and O–H groups in total. The zero-order chi connectivity index (χ0) is 23.1. The van der Waals surface area contributed by atoms with Crippen LogP contribution in [-0.4, -0.2) is 24.4 Å². The molecule has 0 saturated heterocycles. The lowest BCUT2D eigenvalue weighted by Crippen LogP contribution is -2.00. The van der Waals surface area contributed by atoms with E-state index in [-0.39, 0.29) is 0 Å². The molecule has 0 saturated carbocycles. The van der Waals surface area contributed by atoms with Crippen LogP contribution in [0, 0.1) is 0 Å². The average molecular weight is 465 g/mol. The van der Waals surface area contributed by atoms with E-state index in [1.165, 1.54) is 11.9 Å². The van der Waals surface area contributed by atoms with Crippen molar-refractivity contribution in [2.75, 3.05) is 5.73 Å². The third-order valence-corrected chi connectivity index (χ3v) is 6.32. The van der Waals surface area contributed by atoms with E-state index in [0.29, 0.717) is 11.7 Å². The molecular weight excluding hydrogens is 444 g/mol. The molecule has 0 aliphatic rings. The number of anilines is 1. The molecule has 6 nitrogen and oxygen atoms in total. The molecule has 0 spiro atoms. The molecule has 0 bridgehead atoms. The fourth-order valence-electron chi connectivity index (χ4n) is 4.39. The van der Waals surface area contributed by atoms with Gasteiger partial charge in [0, 0.05) is 28.6 Å². The third kappa shape index (κ3) is 3.58. The van der Waals surface area contributed by atoms with Crippen molar-refractivity contribution in [3.63, 3.8) is 0 Å². The van der Waals surface area contributed by atoms with Crippen molar-refractivity contribution >= 4 is 33.8 Å². The van der Waals surface area contributed by atoms with E-state index in [1.54, 1.807) is 0 Å². The summed E-state index contributed by atoms with van der Waals surface area (Å²) >= 11 is 6.08. The molecule has 0 radical (unpaired) electrons. The highest BCUT2D eigenvalue weighted by Crippen LogP contribution is 2.36. The average Bonchev–Trinajstić information content (AvgIpc) is 3.46. The summed E-state index contributed by atoms with van der Waals surface area (Å²) in [6, 6.07) is 26.8. The summed E-state index contributed by atoms with van der Waals surface area (Å²) in [6.45, 7) is 0.724. The summed E-state index contributed by atoms with van der Waals surface area (Å²) in [5.41, 5.74) is 14.2. The summed E-state index contributed by atoms with van der Waals surface area (Å²) in [4.78, 5) is 4.25. The van der Waals surface area contributed by atoms with Crippen LogP contribution in [0.1, 0.15) is 11.1 Å². The molecule has 0 aliphatic heterocycles. The van der Waals surface area contributed by atoms with Crippen molar-refractivity contribution in [2.24, 2.45) is 0 Å². The highest BCUT2D eigenvalue weighted by Gasteiger charge is 2.17. The molecule has 7 heteroatoms. The van der Waals surface area contributed by atoms with Gasteiger partial charge < -0.3 is 5.73 Å². The monoisotopic (exact) mass is 464 g/mol. The fraction of sp³-hybridized carbons (Fsp3) is 0.0741. The number of halogens is 1. The molecule has 6 rings (SSSR count). The summed E-state index contributed by atoms with van der Waals surface area (Å²) in [7, 11) is 0. The number of benzene rings is 3. The first kappa shape index (κ1) is 20.4. The molecule has 0 amide bonds. The van der Waals surface area contributed by atoms with Crippen LogP contribution in [0.2, 0.25) is 0 Å². The van der Waals surface area contributed by atoms with Gasteiger partial charge in [-0.15, -0.1) is 11.6 Å². The highest BCUT2D eigenvalue weighted by atomic mass is 35.5. The molecule has 3 aromatic heterocycles. The molecular formula is C27H21ClN6. The Labute approximate surface area is 201 Å². The number of fused-ring (bicyclic) bond motifs is 2. The second-order valence-corrected chi connectivity index (χ2v) is 8.54. The van der Waals surface area contributed by atoms with Gasteiger partial charge in [-0.2, -0.15) is 10.2 Å². The standard InChI is InChI=1S/C27H21ClN6/c28-14-19-7-4-8-21(11-19)25-13-23(26-27(29)30-17-31-34(25)26)20-9-10-22-16-33(32-24(22)12-20)15-18-5-2-1-3-6-18/h1-13,16-17H,14-15H2,(H2,29,30,31). The highest BCUT2D eigenvalue weighted by molar-refractivity contribution is 6.17. The minimum Gasteiger partial charge on any atom is -0.382 e. The van der Waals surface area contributed by atoms with Crippen molar-refractivity contribution in [2.45, 2.75) is 12.4 Å². The predicted molar refractivity (Wildman–Crippen MR) is 137 cm³/mol. The maximum Gasteiger partial charge on any atom is 0.152 e. The van der Waals surface area contributed by atoms with Gasteiger partial charge in [0.05, 0.1) is 17.8 Å². The zero-order valence-electron chi connectivity index (χ0n) is 18.3. The molecule has 0 aliphatic carbocycles. The maximum atomic E-state index is 6.33. The molecule has 0 unspecified atom stereocenters. The van der Waals surface area contributed by atoms with Crippen LogP contribution in [0.4, 0.5) is 5.82 Å². The van der Waals surface area contributed by atoms with Crippen LogP contribution in [0.25, 0.3) is 38.8 Å². The summed E-state index contributed by atoms with van der Waals surface area (Å²) in [5, 5.41) is 10.4. The number of aromatic nitrogens is 5. The number of nitrogens with two attached hydrogens (primary N) is 1. The van der Waals surface area contributed by atoms with Crippen molar-refractivity contribution in [1.29, 1.82) is 0 Å². The lowest BCUT2D eigenvalue weighted by Gasteiger charge is -2.05. The van der Waals surface area contributed by atoms with Gasteiger partial charge in [-0.25, -0.2) is 9.50 Å². The minimum absolute atomic E-state index is 0.430. The van der Waals surface area contributed by atoms with E-state index in [9.17, 15) is 0 Å². The van der Waals surface area contributed by atoms with Gasteiger partial charge in [0.25, 0.3) is 0 Å². The van der Waals surface area contributed by atoms with Gasteiger partial charge in [-0.05, 0) is 34.9 Å². The molecule has 0 atom stereocenters. The summed E-state index contributed by atoms with van der Waals surface area (Å²) < 4.78 is 3.82. The number of alkyl halides is 1. The number of nitrogens with zero attached hydrogens (tertiary/aromatic N) is 5. The van der Waals surface area contributed by atoms with E-state index in [2.05, 4.69) is 58.7 Å². The van der Waals surface area contributed by atoms with E-state index in [4.69, 9.17) is 22.4 Å². The van der Waals surface area contributed by atoms with Crippen molar-refractivity contribution < 1.29 is 0 Å². The van der Waals surface area contributed by atoms with Crippen LogP contribution >= 0.6 is 11.6 Å². The van der Waals surface area contributed by atoms with Gasteiger partial charge in [0.1, 0.15) is 11.8 Å². The molecule has 166 valence electrons. The summed E-state index contributed by atoms with van der Waals surface area (Å²) in [5.74, 6) is 0.878. The van der Waals surface area contributed by atoms with Crippen molar-refractivity contribution in [3.05, 3.63) is 103 Å². The topological polar surface area (TPSA) is 74.0 Å². The first-order chi connectivity index (χ1) is 16.7. The molecule has 3 aromatic carbocycles. The van der Waals surface area contributed by atoms with Crippen LogP contribution in [0.5, 0.6) is 0 Å². The number of nitrogen functional groups attached to an aromatic ring is 1. The van der Waals surface area contributed by atoms with Crippen LogP contribution < -0.4 is 5.73 Å². The Morgan fingerprint density at radius 2 is 1.71 bits per heavy atom. The Hall–Kier alpha value is -4.16. The lowest BCUT2D eigenvalue weighted by molar-refractivity contribution is 0.696. The summed E-state index contributed by atoms with van der Waals surface area (Å²) in [6.07, 6.45) is 3.56. The smallest absolute Gasteiger partial charge is 0.152 e. The zero-order valence-corrected chi connectivity index (χ0v) is 19.0. The van der Waals surface area contributed by atoms with Crippen LogP contribution in [-0.2, 0) is 12.4 Å². The second-order valence-electron chi connectivity index (χ2n) is 8.27. The normalized spacial score (nSPS) is 11.4. The van der Waals surface area contributed by atoms with Crippen LogP contribution in [0.15, 0.2) is 91.4 Å². The largest absolute Gasteiger partial charge is 0.382 e. The number of rotatable bonds is 5. The first-order valence-electron chi connectivity index (χ1n) is 11.0.